The Kier molecular flexibility index (Phi) is 5.78. The maximum atomic E-state index is 11.9. The van der Waals surface area contributed by atoms with Crippen LogP contribution in [0.2, 0.25) is 0 Å². The Morgan fingerprint density at radius 1 is 1.24 bits per heavy atom. The molecule has 0 saturated carbocycles. The molecule has 0 unspecified atom stereocenters. The van der Waals surface area contributed by atoms with Crippen molar-refractivity contribution in [3.8, 4) is 0 Å². The summed E-state index contributed by atoms with van der Waals surface area (Å²) in [6.07, 6.45) is -0.589. The number of carboxylic acid groups (broad SMARTS) is 1. The lowest BCUT2D eigenvalue weighted by atomic mass is 9.93. The molecule has 0 radical (unpaired) electrons. The minimum absolute atomic E-state index is 0.0729. The van der Waals surface area contributed by atoms with Crippen LogP contribution in [0.5, 0.6) is 0 Å². The van der Waals surface area contributed by atoms with Crippen molar-refractivity contribution in [3.63, 3.8) is 0 Å². The zero-order chi connectivity index (χ0) is 16.1. The Morgan fingerprint density at radius 3 is 2.24 bits per heavy atom. The van der Waals surface area contributed by atoms with Crippen molar-refractivity contribution in [1.82, 2.24) is 5.32 Å². The van der Waals surface area contributed by atoms with Gasteiger partial charge in [-0.3, -0.25) is 0 Å². The molecule has 0 aliphatic heterocycles. The first-order valence-electron chi connectivity index (χ1n) is 6.53. The van der Waals surface area contributed by atoms with Crippen molar-refractivity contribution in [3.05, 3.63) is 35.9 Å². The first-order chi connectivity index (χ1) is 9.68. The number of nitrogens with one attached hydrogen (secondary N) is 1. The van der Waals surface area contributed by atoms with Crippen LogP contribution in [0.4, 0.5) is 4.79 Å². The molecule has 1 amide bonds. The summed E-state index contributed by atoms with van der Waals surface area (Å²) in [5.74, 6) is -1.12. The van der Waals surface area contributed by atoms with Gasteiger partial charge < -0.3 is 15.2 Å². The number of benzene rings is 1. The lowest BCUT2D eigenvalue weighted by Gasteiger charge is -2.30. The van der Waals surface area contributed by atoms with Gasteiger partial charge in [0.15, 0.2) is 5.54 Å². The van der Waals surface area contributed by atoms with Gasteiger partial charge in [-0.2, -0.15) is 0 Å². The molecule has 1 atom stereocenters. The largest absolute Gasteiger partial charge is 0.479 e. The highest BCUT2D eigenvalue weighted by Gasteiger charge is 2.40. The zero-order valence-corrected chi connectivity index (χ0v) is 13.9. The summed E-state index contributed by atoms with van der Waals surface area (Å²) in [6, 6.07) is 9.13. The number of halogens is 1. The Morgan fingerprint density at radius 2 is 1.81 bits per heavy atom. The van der Waals surface area contributed by atoms with Gasteiger partial charge in [0.1, 0.15) is 5.60 Å². The molecule has 2 N–H and O–H groups in total. The quantitative estimate of drug-likeness (QED) is 0.794. The van der Waals surface area contributed by atoms with E-state index in [4.69, 9.17) is 4.74 Å². The maximum absolute atomic E-state index is 11.9. The Bertz CT molecular complexity index is 498. The summed E-state index contributed by atoms with van der Waals surface area (Å²) in [4.78, 5) is 23.6. The van der Waals surface area contributed by atoms with Crippen molar-refractivity contribution >= 4 is 28.0 Å². The van der Waals surface area contributed by atoms with E-state index in [9.17, 15) is 14.7 Å². The molecule has 116 valence electrons. The normalized spacial score (nSPS) is 14.1. The third-order valence-electron chi connectivity index (χ3n) is 2.73. The summed E-state index contributed by atoms with van der Waals surface area (Å²) in [5.41, 5.74) is -1.33. The number of alkyl carbamates (subject to hydrolysis) is 1. The summed E-state index contributed by atoms with van der Waals surface area (Å²) in [5, 5.41) is 12.1. The minimum atomic E-state index is -1.45. The van der Waals surface area contributed by atoms with Gasteiger partial charge in [0, 0.05) is 11.8 Å². The number of aliphatic carboxylic acids is 1. The molecule has 0 bridgehead atoms. The van der Waals surface area contributed by atoms with Crippen LogP contribution in [0, 0.1) is 0 Å². The molecule has 1 rings (SSSR count). The number of carboxylic acids is 1. The summed E-state index contributed by atoms with van der Waals surface area (Å²) >= 11 is 3.19. The number of amides is 1. The van der Waals surface area contributed by atoms with Gasteiger partial charge in [-0.25, -0.2) is 9.59 Å². The molecule has 0 aliphatic carbocycles. The van der Waals surface area contributed by atoms with Crippen LogP contribution >= 0.6 is 15.9 Å². The monoisotopic (exact) mass is 357 g/mol. The number of hydrogen-bond donors (Lipinski definition) is 2. The first-order valence-corrected chi connectivity index (χ1v) is 7.65. The smallest absolute Gasteiger partial charge is 0.408 e. The highest BCUT2D eigenvalue weighted by Crippen LogP contribution is 2.18. The van der Waals surface area contributed by atoms with Crippen LogP contribution < -0.4 is 5.32 Å². The van der Waals surface area contributed by atoms with Crippen LogP contribution in [-0.2, 0) is 16.0 Å². The molecule has 1 aromatic carbocycles. The summed E-state index contributed by atoms with van der Waals surface area (Å²) < 4.78 is 5.15. The highest BCUT2D eigenvalue weighted by molar-refractivity contribution is 9.09. The fraction of sp³-hybridized carbons (Fsp3) is 0.467. The standard InChI is InChI=1S/C15H20BrNO4/c1-14(2,3)21-13(20)17-15(10-16,12(18)19)9-11-7-5-4-6-8-11/h4-8H,9-10H2,1-3H3,(H,17,20)(H,18,19)/t15-/m0/s1. The van der Waals surface area contributed by atoms with Crippen LogP contribution in [-0.4, -0.2) is 33.6 Å². The molecule has 1 aromatic rings. The molecule has 0 heterocycles. The van der Waals surface area contributed by atoms with Crippen molar-refractivity contribution in [2.24, 2.45) is 0 Å². The van der Waals surface area contributed by atoms with Crippen molar-refractivity contribution in [1.29, 1.82) is 0 Å². The average Bonchev–Trinajstić information content (AvgIpc) is 2.36. The number of ether oxygens (including phenoxy) is 1. The van der Waals surface area contributed by atoms with Gasteiger partial charge in [-0.1, -0.05) is 46.3 Å². The van der Waals surface area contributed by atoms with E-state index in [2.05, 4.69) is 21.2 Å². The van der Waals surface area contributed by atoms with Gasteiger partial charge in [-0.05, 0) is 26.3 Å². The van der Waals surface area contributed by atoms with Crippen molar-refractivity contribution < 1.29 is 19.4 Å². The van der Waals surface area contributed by atoms with E-state index in [1.54, 1.807) is 20.8 Å². The zero-order valence-electron chi connectivity index (χ0n) is 12.4. The second-order valence-corrected chi connectivity index (χ2v) is 6.37. The molecule has 5 nitrogen and oxygen atoms in total. The summed E-state index contributed by atoms with van der Waals surface area (Å²) in [7, 11) is 0. The Labute approximate surface area is 132 Å². The SMILES string of the molecule is CC(C)(C)OC(=O)N[C@](CBr)(Cc1ccccc1)C(=O)O. The number of carbonyl (C=O) groups is 2. The van der Waals surface area contributed by atoms with Crippen molar-refractivity contribution in [2.45, 2.75) is 38.3 Å². The number of carbonyl (C=O) groups excluding carboxylic acids is 1. The van der Waals surface area contributed by atoms with Crippen LogP contribution in [0.3, 0.4) is 0 Å². The molecule has 21 heavy (non-hydrogen) atoms. The van der Waals surface area contributed by atoms with E-state index in [1.165, 1.54) is 0 Å². The molecule has 0 aliphatic rings. The lowest BCUT2D eigenvalue weighted by Crippen LogP contribution is -2.58. The molecule has 6 heteroatoms. The Hall–Kier alpha value is -1.56. The van der Waals surface area contributed by atoms with Gasteiger partial charge in [-0.15, -0.1) is 0 Å². The lowest BCUT2D eigenvalue weighted by molar-refractivity contribution is -0.143. The maximum Gasteiger partial charge on any atom is 0.408 e. The van der Waals surface area contributed by atoms with E-state index >= 15 is 0 Å². The van der Waals surface area contributed by atoms with Gasteiger partial charge in [0.05, 0.1) is 0 Å². The first kappa shape index (κ1) is 17.5. The second-order valence-electron chi connectivity index (χ2n) is 5.81. The van der Waals surface area contributed by atoms with Crippen molar-refractivity contribution in [2.75, 3.05) is 5.33 Å². The molecule has 0 fully saturated rings. The van der Waals surface area contributed by atoms with Crippen LogP contribution in [0.25, 0.3) is 0 Å². The van der Waals surface area contributed by atoms with Crippen LogP contribution in [0.1, 0.15) is 26.3 Å². The number of alkyl halides is 1. The third-order valence-corrected chi connectivity index (χ3v) is 3.68. The molecular formula is C15H20BrNO4. The molecular weight excluding hydrogens is 338 g/mol. The van der Waals surface area contributed by atoms with E-state index in [-0.39, 0.29) is 11.8 Å². The molecule has 0 aromatic heterocycles. The van der Waals surface area contributed by atoms with Gasteiger partial charge in [0.25, 0.3) is 0 Å². The van der Waals surface area contributed by atoms with E-state index < -0.39 is 23.2 Å². The van der Waals surface area contributed by atoms with E-state index in [1.807, 2.05) is 30.3 Å². The van der Waals surface area contributed by atoms with Gasteiger partial charge in [0.2, 0.25) is 0 Å². The Balaban J connectivity index is 2.94. The molecule has 0 spiro atoms. The van der Waals surface area contributed by atoms with Crippen LogP contribution in [0.15, 0.2) is 30.3 Å². The second kappa shape index (κ2) is 6.93. The predicted octanol–water partition coefficient (Wildman–Crippen LogP) is 2.97. The predicted molar refractivity (Wildman–Crippen MR) is 83.7 cm³/mol. The van der Waals surface area contributed by atoms with Gasteiger partial charge >= 0.3 is 12.1 Å². The highest BCUT2D eigenvalue weighted by atomic mass is 79.9. The number of rotatable bonds is 5. The van der Waals surface area contributed by atoms with E-state index in [0.717, 1.165) is 5.56 Å². The average molecular weight is 358 g/mol. The summed E-state index contributed by atoms with van der Waals surface area (Å²) in [6.45, 7) is 5.17. The minimum Gasteiger partial charge on any atom is -0.479 e. The topological polar surface area (TPSA) is 75.6 Å². The third kappa shape index (κ3) is 5.38. The van der Waals surface area contributed by atoms with E-state index in [0.29, 0.717) is 0 Å². The number of hydrogen-bond acceptors (Lipinski definition) is 3. The molecule has 0 saturated heterocycles. The fourth-order valence-corrected chi connectivity index (χ4v) is 2.33. The fourth-order valence-electron chi connectivity index (χ4n) is 1.75.